The minimum absolute atomic E-state index is 0.774. The summed E-state index contributed by atoms with van der Waals surface area (Å²) in [6, 6.07) is 0. The molecule has 0 aliphatic rings. The van der Waals surface area contributed by atoms with Crippen molar-refractivity contribution in [2.75, 3.05) is 32.7 Å². The zero-order valence-electron chi connectivity index (χ0n) is 13.5. The smallest absolute Gasteiger partial charge is 0.000680 e. The molecule has 0 amide bonds. The first-order valence-corrected chi connectivity index (χ1v) is 8.03. The molecule has 2 nitrogen and oxygen atoms in total. The Hall–Kier alpha value is -0.0800. The highest BCUT2D eigenvalue weighted by Gasteiger charge is 2.06. The highest BCUT2D eigenvalue weighted by molar-refractivity contribution is 4.61. The monoisotopic (exact) mass is 256 g/mol. The van der Waals surface area contributed by atoms with Crippen LogP contribution in [0.4, 0.5) is 0 Å². The van der Waals surface area contributed by atoms with Gasteiger partial charge in [-0.15, -0.1) is 0 Å². The van der Waals surface area contributed by atoms with Crippen molar-refractivity contribution in [2.45, 2.75) is 60.3 Å². The number of rotatable bonds is 12. The van der Waals surface area contributed by atoms with Gasteiger partial charge >= 0.3 is 0 Å². The lowest BCUT2D eigenvalue weighted by Gasteiger charge is -2.23. The largest absolute Gasteiger partial charge is 0.316 e. The molecule has 0 radical (unpaired) electrons. The molecule has 0 aromatic heterocycles. The van der Waals surface area contributed by atoms with Crippen LogP contribution in [-0.4, -0.2) is 37.6 Å². The number of unbranched alkanes of at least 4 members (excludes halogenated alkanes) is 2. The van der Waals surface area contributed by atoms with Crippen LogP contribution in [0.3, 0.4) is 0 Å². The van der Waals surface area contributed by atoms with Gasteiger partial charge in [0.15, 0.2) is 0 Å². The van der Waals surface area contributed by atoms with E-state index in [4.69, 9.17) is 0 Å². The van der Waals surface area contributed by atoms with Crippen LogP contribution in [0.5, 0.6) is 0 Å². The van der Waals surface area contributed by atoms with Crippen molar-refractivity contribution in [3.63, 3.8) is 0 Å². The molecule has 1 unspecified atom stereocenters. The molecule has 0 aliphatic carbocycles. The van der Waals surface area contributed by atoms with Gasteiger partial charge in [0.1, 0.15) is 0 Å². The molecule has 0 heterocycles. The zero-order chi connectivity index (χ0) is 13.8. The SMILES string of the molecule is CCC(C)CN(CC)CCCCCNCC(C)C. The van der Waals surface area contributed by atoms with E-state index in [9.17, 15) is 0 Å². The Morgan fingerprint density at radius 1 is 1.00 bits per heavy atom. The van der Waals surface area contributed by atoms with Gasteiger partial charge in [0.25, 0.3) is 0 Å². The van der Waals surface area contributed by atoms with Gasteiger partial charge in [-0.2, -0.15) is 0 Å². The van der Waals surface area contributed by atoms with Gasteiger partial charge in [-0.1, -0.05) is 47.5 Å². The first-order chi connectivity index (χ1) is 8.60. The Kier molecular flexibility index (Phi) is 11.9. The van der Waals surface area contributed by atoms with Crippen molar-refractivity contribution in [3.05, 3.63) is 0 Å². The maximum absolute atomic E-state index is 3.51. The van der Waals surface area contributed by atoms with Crippen LogP contribution in [0.2, 0.25) is 0 Å². The normalized spacial score (nSPS) is 13.5. The van der Waals surface area contributed by atoms with E-state index in [1.165, 1.54) is 51.9 Å². The van der Waals surface area contributed by atoms with Gasteiger partial charge in [0, 0.05) is 6.54 Å². The third kappa shape index (κ3) is 11.0. The van der Waals surface area contributed by atoms with Crippen LogP contribution >= 0.6 is 0 Å². The van der Waals surface area contributed by atoms with E-state index in [1.807, 2.05) is 0 Å². The number of nitrogens with one attached hydrogen (secondary N) is 1. The van der Waals surface area contributed by atoms with E-state index in [0.717, 1.165) is 18.4 Å². The lowest BCUT2D eigenvalue weighted by molar-refractivity contribution is 0.240. The van der Waals surface area contributed by atoms with Gasteiger partial charge in [-0.3, -0.25) is 0 Å². The van der Waals surface area contributed by atoms with Gasteiger partial charge in [-0.25, -0.2) is 0 Å². The number of hydrogen-bond acceptors (Lipinski definition) is 2. The Morgan fingerprint density at radius 2 is 1.72 bits per heavy atom. The topological polar surface area (TPSA) is 15.3 Å². The standard InChI is InChI=1S/C16H36N2/c1-6-16(5)14-18(7-2)12-10-8-9-11-17-13-15(3)4/h15-17H,6-14H2,1-5H3. The first kappa shape index (κ1) is 17.9. The fourth-order valence-electron chi connectivity index (χ4n) is 2.10. The van der Waals surface area contributed by atoms with E-state index >= 15 is 0 Å². The van der Waals surface area contributed by atoms with Crippen LogP contribution < -0.4 is 5.32 Å². The molecule has 0 aliphatic heterocycles. The van der Waals surface area contributed by atoms with Crippen LogP contribution in [0, 0.1) is 11.8 Å². The summed E-state index contributed by atoms with van der Waals surface area (Å²) >= 11 is 0. The minimum atomic E-state index is 0.774. The molecule has 0 aromatic rings. The third-order valence-corrected chi connectivity index (χ3v) is 3.59. The Labute approximate surface area is 116 Å². The predicted octanol–water partition coefficient (Wildman–Crippen LogP) is 3.77. The molecule has 1 N–H and O–H groups in total. The second kappa shape index (κ2) is 12.0. The highest BCUT2D eigenvalue weighted by Crippen LogP contribution is 2.06. The Bertz CT molecular complexity index is 168. The van der Waals surface area contributed by atoms with E-state index in [-0.39, 0.29) is 0 Å². The summed E-state index contributed by atoms with van der Waals surface area (Å²) in [5, 5.41) is 3.51. The average Bonchev–Trinajstić information content (AvgIpc) is 2.35. The summed E-state index contributed by atoms with van der Waals surface area (Å²) in [6.45, 7) is 17.6. The van der Waals surface area contributed by atoms with Crippen molar-refractivity contribution in [2.24, 2.45) is 11.8 Å². The Balaban J connectivity index is 3.39. The van der Waals surface area contributed by atoms with Crippen LogP contribution in [0.1, 0.15) is 60.3 Å². The van der Waals surface area contributed by atoms with Gasteiger partial charge < -0.3 is 10.2 Å². The lowest BCUT2D eigenvalue weighted by Crippen LogP contribution is -2.29. The maximum atomic E-state index is 3.51. The van der Waals surface area contributed by atoms with Crippen molar-refractivity contribution in [1.29, 1.82) is 0 Å². The molecule has 1 atom stereocenters. The molecule has 0 rings (SSSR count). The van der Waals surface area contributed by atoms with Crippen molar-refractivity contribution in [1.82, 2.24) is 10.2 Å². The molecular formula is C16H36N2. The minimum Gasteiger partial charge on any atom is -0.316 e. The average molecular weight is 256 g/mol. The highest BCUT2D eigenvalue weighted by atomic mass is 15.1. The van der Waals surface area contributed by atoms with Crippen LogP contribution in [0.15, 0.2) is 0 Å². The third-order valence-electron chi connectivity index (χ3n) is 3.59. The molecule has 0 fully saturated rings. The quantitative estimate of drug-likeness (QED) is 0.535. The molecule has 18 heavy (non-hydrogen) atoms. The van der Waals surface area contributed by atoms with Crippen molar-refractivity contribution >= 4 is 0 Å². The van der Waals surface area contributed by atoms with Crippen LogP contribution in [-0.2, 0) is 0 Å². The molecule has 2 heteroatoms. The molecular weight excluding hydrogens is 220 g/mol. The van der Waals surface area contributed by atoms with Gasteiger partial charge in [0.2, 0.25) is 0 Å². The molecule has 0 saturated carbocycles. The maximum Gasteiger partial charge on any atom is 0.000680 e. The molecule has 0 spiro atoms. The molecule has 110 valence electrons. The van der Waals surface area contributed by atoms with Gasteiger partial charge in [-0.05, 0) is 50.9 Å². The summed E-state index contributed by atoms with van der Waals surface area (Å²) in [6.07, 6.45) is 5.35. The van der Waals surface area contributed by atoms with E-state index in [1.54, 1.807) is 0 Å². The summed E-state index contributed by atoms with van der Waals surface area (Å²) in [4.78, 5) is 2.61. The molecule has 0 aromatic carbocycles. The zero-order valence-corrected chi connectivity index (χ0v) is 13.5. The summed E-state index contributed by atoms with van der Waals surface area (Å²) in [7, 11) is 0. The second-order valence-electron chi connectivity index (χ2n) is 6.07. The van der Waals surface area contributed by atoms with Crippen LogP contribution in [0.25, 0.3) is 0 Å². The van der Waals surface area contributed by atoms with Crippen molar-refractivity contribution in [3.8, 4) is 0 Å². The molecule has 0 bridgehead atoms. The summed E-state index contributed by atoms with van der Waals surface area (Å²) in [5.41, 5.74) is 0. The Morgan fingerprint density at radius 3 is 2.28 bits per heavy atom. The second-order valence-corrected chi connectivity index (χ2v) is 6.07. The number of nitrogens with zero attached hydrogens (tertiary/aromatic N) is 1. The lowest BCUT2D eigenvalue weighted by atomic mass is 10.1. The summed E-state index contributed by atoms with van der Waals surface area (Å²) < 4.78 is 0. The van der Waals surface area contributed by atoms with Crippen molar-refractivity contribution < 1.29 is 0 Å². The first-order valence-electron chi connectivity index (χ1n) is 8.03. The summed E-state index contributed by atoms with van der Waals surface area (Å²) in [5.74, 6) is 1.62. The number of hydrogen-bond donors (Lipinski definition) is 1. The fraction of sp³-hybridized carbons (Fsp3) is 1.00. The molecule has 0 saturated heterocycles. The van der Waals surface area contributed by atoms with Gasteiger partial charge in [0.05, 0.1) is 0 Å². The predicted molar refractivity (Wildman–Crippen MR) is 83.1 cm³/mol. The van der Waals surface area contributed by atoms with E-state index in [2.05, 4.69) is 44.8 Å². The fourth-order valence-corrected chi connectivity index (χ4v) is 2.10. The van der Waals surface area contributed by atoms with E-state index in [0.29, 0.717) is 0 Å². The van der Waals surface area contributed by atoms with E-state index < -0.39 is 0 Å².